The van der Waals surface area contributed by atoms with E-state index in [-0.39, 0.29) is 0 Å². The van der Waals surface area contributed by atoms with Gasteiger partial charge in [-0.05, 0) is 44.3 Å². The Morgan fingerprint density at radius 3 is 2.15 bits per heavy atom. The molecular weight excluding hydrogens is 240 g/mol. The lowest BCUT2D eigenvalue weighted by molar-refractivity contribution is 1.04. The van der Waals surface area contributed by atoms with Crippen molar-refractivity contribution in [2.24, 2.45) is 0 Å². The van der Waals surface area contributed by atoms with Crippen molar-refractivity contribution in [1.29, 1.82) is 0 Å². The summed E-state index contributed by atoms with van der Waals surface area (Å²) in [6, 6.07) is 19.9. The topological polar surface area (TPSA) is 0 Å². The van der Waals surface area contributed by atoms with Crippen LogP contribution in [-0.4, -0.2) is 0 Å². The lowest BCUT2D eigenvalue weighted by atomic mass is 9.91. The van der Waals surface area contributed by atoms with Gasteiger partial charge in [0.15, 0.2) is 0 Å². The van der Waals surface area contributed by atoms with Crippen molar-refractivity contribution in [3.63, 3.8) is 0 Å². The molecule has 4 aromatic carbocycles. The molecule has 0 aromatic heterocycles. The van der Waals surface area contributed by atoms with Gasteiger partial charge >= 0.3 is 0 Å². The molecule has 0 bridgehead atoms. The van der Waals surface area contributed by atoms with Crippen LogP contribution in [0.3, 0.4) is 0 Å². The fourth-order valence-corrected chi connectivity index (χ4v) is 3.22. The highest BCUT2D eigenvalue weighted by molar-refractivity contribution is 6.23. The van der Waals surface area contributed by atoms with Crippen LogP contribution in [0.1, 0.15) is 12.0 Å². The zero-order chi connectivity index (χ0) is 13.5. The van der Waals surface area contributed by atoms with Crippen molar-refractivity contribution in [1.82, 2.24) is 0 Å². The summed E-state index contributed by atoms with van der Waals surface area (Å²) in [6.45, 7) is 0. The first-order valence-corrected chi connectivity index (χ1v) is 6.97. The first-order valence-electron chi connectivity index (χ1n) is 6.97. The van der Waals surface area contributed by atoms with Crippen molar-refractivity contribution < 1.29 is 0 Å². The minimum absolute atomic E-state index is 0.796. The normalized spacial score (nSPS) is 11.3. The van der Waals surface area contributed by atoms with E-state index in [9.17, 15) is 0 Å². The zero-order valence-corrected chi connectivity index (χ0v) is 11.2. The third-order valence-electron chi connectivity index (χ3n) is 4.16. The SMILES string of the molecule is C#CCCc1ccc2ccc3cccc4ccc1c2c34. The number of aryl methyl sites for hydroxylation is 1. The van der Waals surface area contributed by atoms with E-state index < -0.39 is 0 Å². The third-order valence-corrected chi connectivity index (χ3v) is 4.16. The van der Waals surface area contributed by atoms with Gasteiger partial charge in [-0.3, -0.25) is 0 Å². The van der Waals surface area contributed by atoms with Gasteiger partial charge in [0.1, 0.15) is 0 Å². The molecular formula is C20H14. The monoisotopic (exact) mass is 254 g/mol. The van der Waals surface area contributed by atoms with Gasteiger partial charge in [0.05, 0.1) is 0 Å². The molecule has 20 heavy (non-hydrogen) atoms. The summed E-state index contributed by atoms with van der Waals surface area (Å²) in [5.41, 5.74) is 1.36. The molecule has 0 heterocycles. The van der Waals surface area contributed by atoms with Crippen LogP contribution in [0.5, 0.6) is 0 Å². The smallest absolute Gasteiger partial charge is 0.0127 e. The Balaban J connectivity index is 2.18. The van der Waals surface area contributed by atoms with E-state index in [0.29, 0.717) is 0 Å². The summed E-state index contributed by atoms with van der Waals surface area (Å²) < 4.78 is 0. The molecule has 0 radical (unpaired) electrons. The second kappa shape index (κ2) is 4.25. The summed E-state index contributed by atoms with van der Waals surface area (Å²) >= 11 is 0. The molecule has 0 aliphatic heterocycles. The van der Waals surface area contributed by atoms with E-state index in [0.717, 1.165) is 12.8 Å². The molecule has 0 unspecified atom stereocenters. The van der Waals surface area contributed by atoms with E-state index >= 15 is 0 Å². The highest BCUT2D eigenvalue weighted by Gasteiger charge is 2.09. The van der Waals surface area contributed by atoms with Crippen molar-refractivity contribution in [3.8, 4) is 12.3 Å². The second-order valence-corrected chi connectivity index (χ2v) is 5.28. The maximum atomic E-state index is 5.41. The van der Waals surface area contributed by atoms with Gasteiger partial charge in [-0.15, -0.1) is 12.3 Å². The largest absolute Gasteiger partial charge is 0.120 e. The van der Waals surface area contributed by atoms with Crippen molar-refractivity contribution in [2.45, 2.75) is 12.8 Å². The van der Waals surface area contributed by atoms with Crippen molar-refractivity contribution >= 4 is 32.3 Å². The molecule has 94 valence electrons. The Labute approximate surface area is 118 Å². The van der Waals surface area contributed by atoms with E-state index in [4.69, 9.17) is 6.42 Å². The average Bonchev–Trinajstić information content (AvgIpc) is 2.51. The summed E-state index contributed by atoms with van der Waals surface area (Å²) in [5, 5.41) is 8.06. The van der Waals surface area contributed by atoms with Gasteiger partial charge in [0, 0.05) is 6.42 Å². The minimum Gasteiger partial charge on any atom is -0.120 e. The zero-order valence-electron chi connectivity index (χ0n) is 11.2. The molecule has 0 heteroatoms. The molecule has 0 aliphatic carbocycles. The quantitative estimate of drug-likeness (QED) is 0.343. The summed E-state index contributed by atoms with van der Waals surface area (Å²) in [4.78, 5) is 0. The standard InChI is InChI=1S/C20H14/c1-2-3-5-14-8-9-17-11-10-15-6-4-7-16-12-13-18(14)20(17)19(15)16/h1,4,6-13H,3,5H2. The molecule has 0 saturated carbocycles. The number of terminal acetylenes is 1. The van der Waals surface area contributed by atoms with E-state index in [1.54, 1.807) is 0 Å². The molecule has 0 atom stereocenters. The average molecular weight is 254 g/mol. The van der Waals surface area contributed by atoms with Crippen molar-refractivity contribution in [2.75, 3.05) is 0 Å². The highest BCUT2D eigenvalue weighted by Crippen LogP contribution is 2.36. The van der Waals surface area contributed by atoms with Crippen LogP contribution in [0.4, 0.5) is 0 Å². The van der Waals surface area contributed by atoms with E-state index in [1.165, 1.54) is 37.9 Å². The molecule has 0 saturated heterocycles. The molecule has 0 amide bonds. The third kappa shape index (κ3) is 1.50. The maximum absolute atomic E-state index is 5.41. The van der Waals surface area contributed by atoms with E-state index in [1.807, 2.05) is 0 Å². The molecule has 0 nitrogen and oxygen atoms in total. The van der Waals surface area contributed by atoms with Crippen LogP contribution in [-0.2, 0) is 6.42 Å². The Hall–Kier alpha value is -2.52. The molecule has 4 aromatic rings. The Kier molecular flexibility index (Phi) is 2.41. The van der Waals surface area contributed by atoms with Crippen LogP contribution >= 0.6 is 0 Å². The Morgan fingerprint density at radius 2 is 1.40 bits per heavy atom. The Bertz CT molecular complexity index is 938. The van der Waals surface area contributed by atoms with Crippen LogP contribution in [0.2, 0.25) is 0 Å². The van der Waals surface area contributed by atoms with Crippen LogP contribution in [0.15, 0.2) is 54.6 Å². The van der Waals surface area contributed by atoms with Gasteiger partial charge in [0.2, 0.25) is 0 Å². The fourth-order valence-electron chi connectivity index (χ4n) is 3.22. The molecule has 4 rings (SSSR count). The van der Waals surface area contributed by atoms with Crippen LogP contribution in [0, 0.1) is 12.3 Å². The highest BCUT2D eigenvalue weighted by atomic mass is 14.1. The molecule has 0 spiro atoms. The molecule has 0 N–H and O–H groups in total. The number of benzene rings is 4. The Morgan fingerprint density at radius 1 is 0.750 bits per heavy atom. The molecule has 0 fully saturated rings. The number of rotatable bonds is 2. The van der Waals surface area contributed by atoms with Crippen LogP contribution in [0.25, 0.3) is 32.3 Å². The number of hydrogen-bond donors (Lipinski definition) is 0. The fraction of sp³-hybridized carbons (Fsp3) is 0.100. The van der Waals surface area contributed by atoms with Gasteiger partial charge < -0.3 is 0 Å². The lowest BCUT2D eigenvalue weighted by Crippen LogP contribution is -1.90. The first-order chi connectivity index (χ1) is 9.88. The van der Waals surface area contributed by atoms with Gasteiger partial charge in [0.25, 0.3) is 0 Å². The van der Waals surface area contributed by atoms with Gasteiger partial charge in [-0.1, -0.05) is 54.6 Å². The lowest BCUT2D eigenvalue weighted by Gasteiger charge is -2.13. The maximum Gasteiger partial charge on any atom is 0.0127 e. The van der Waals surface area contributed by atoms with Crippen LogP contribution < -0.4 is 0 Å². The predicted octanol–water partition coefficient (Wildman–Crippen LogP) is 5.15. The minimum atomic E-state index is 0.796. The second-order valence-electron chi connectivity index (χ2n) is 5.28. The summed E-state index contributed by atoms with van der Waals surface area (Å²) in [7, 11) is 0. The first kappa shape index (κ1) is 11.3. The van der Waals surface area contributed by atoms with Crippen molar-refractivity contribution in [3.05, 3.63) is 60.2 Å². The van der Waals surface area contributed by atoms with Gasteiger partial charge in [-0.2, -0.15) is 0 Å². The summed E-state index contributed by atoms with van der Waals surface area (Å²) in [5.74, 6) is 2.74. The number of hydrogen-bond acceptors (Lipinski definition) is 0. The summed E-state index contributed by atoms with van der Waals surface area (Å²) in [6.07, 6.45) is 7.16. The van der Waals surface area contributed by atoms with E-state index in [2.05, 4.69) is 60.5 Å². The predicted molar refractivity (Wildman–Crippen MR) is 87.3 cm³/mol. The molecule has 0 aliphatic rings. The van der Waals surface area contributed by atoms with Gasteiger partial charge in [-0.25, -0.2) is 0 Å².